The summed E-state index contributed by atoms with van der Waals surface area (Å²) in [5.41, 5.74) is 0. The van der Waals surface area contributed by atoms with Gasteiger partial charge in [0.1, 0.15) is 6.04 Å². The number of carbonyl (C=O) groups is 2. The number of ether oxygens (including phenoxy) is 1. The van der Waals surface area contributed by atoms with Crippen molar-refractivity contribution in [2.45, 2.75) is 25.9 Å². The Kier molecular flexibility index (Phi) is 5.55. The van der Waals surface area contributed by atoms with Gasteiger partial charge in [-0.1, -0.05) is 6.92 Å². The van der Waals surface area contributed by atoms with Crippen molar-refractivity contribution in [3.05, 3.63) is 0 Å². The fourth-order valence-corrected chi connectivity index (χ4v) is 2.29. The predicted molar refractivity (Wildman–Crippen MR) is 68.1 cm³/mol. The predicted octanol–water partition coefficient (Wildman–Crippen LogP) is -0.796. The molecule has 0 aromatic heterocycles. The van der Waals surface area contributed by atoms with Gasteiger partial charge >= 0.3 is 5.97 Å². The maximum Gasteiger partial charge on any atom is 0.309 e. The Morgan fingerprint density at radius 3 is 2.67 bits per heavy atom. The van der Waals surface area contributed by atoms with E-state index in [2.05, 4.69) is 15.5 Å². The minimum atomic E-state index is -0.250. The molecule has 1 aliphatic rings. The van der Waals surface area contributed by atoms with Gasteiger partial charge < -0.3 is 15.4 Å². The fourth-order valence-electron chi connectivity index (χ4n) is 2.29. The number of piperazine rings is 1. The Labute approximate surface area is 108 Å². The van der Waals surface area contributed by atoms with Crippen molar-refractivity contribution in [3.8, 4) is 0 Å². The molecule has 1 aliphatic heterocycles. The van der Waals surface area contributed by atoms with Crippen LogP contribution in [0.2, 0.25) is 0 Å². The molecule has 18 heavy (non-hydrogen) atoms. The average molecular weight is 257 g/mol. The van der Waals surface area contributed by atoms with Gasteiger partial charge in [-0.3, -0.25) is 14.5 Å². The van der Waals surface area contributed by atoms with E-state index in [1.807, 2.05) is 13.8 Å². The van der Waals surface area contributed by atoms with Crippen LogP contribution in [0.1, 0.15) is 13.8 Å². The Balaban J connectivity index is 2.76. The molecule has 0 aromatic rings. The highest BCUT2D eigenvalue weighted by Crippen LogP contribution is 2.17. The molecule has 104 valence electrons. The van der Waals surface area contributed by atoms with Crippen LogP contribution >= 0.6 is 0 Å². The van der Waals surface area contributed by atoms with E-state index in [0.29, 0.717) is 6.54 Å². The molecule has 3 unspecified atom stereocenters. The van der Waals surface area contributed by atoms with E-state index in [0.717, 1.165) is 13.1 Å². The second kappa shape index (κ2) is 6.70. The van der Waals surface area contributed by atoms with E-state index in [1.54, 1.807) is 7.05 Å². The van der Waals surface area contributed by atoms with Gasteiger partial charge in [0.2, 0.25) is 5.91 Å². The largest absolute Gasteiger partial charge is 0.469 e. The van der Waals surface area contributed by atoms with E-state index in [4.69, 9.17) is 4.74 Å². The second-order valence-electron chi connectivity index (χ2n) is 4.62. The van der Waals surface area contributed by atoms with Gasteiger partial charge in [-0.15, -0.1) is 0 Å². The van der Waals surface area contributed by atoms with Crippen LogP contribution in [0.4, 0.5) is 0 Å². The molecule has 1 rings (SSSR count). The van der Waals surface area contributed by atoms with Crippen LogP contribution in [0.3, 0.4) is 0 Å². The lowest BCUT2D eigenvalue weighted by molar-refractivity contribution is -0.148. The first-order chi connectivity index (χ1) is 8.52. The van der Waals surface area contributed by atoms with Crippen LogP contribution in [0.15, 0.2) is 0 Å². The Morgan fingerprint density at radius 2 is 2.11 bits per heavy atom. The van der Waals surface area contributed by atoms with Gasteiger partial charge in [0.05, 0.1) is 13.0 Å². The summed E-state index contributed by atoms with van der Waals surface area (Å²) in [7, 11) is 3.02. The first-order valence-corrected chi connectivity index (χ1v) is 6.28. The van der Waals surface area contributed by atoms with Gasteiger partial charge in [0.15, 0.2) is 0 Å². The van der Waals surface area contributed by atoms with Crippen LogP contribution in [-0.2, 0) is 14.3 Å². The maximum atomic E-state index is 11.8. The molecule has 6 heteroatoms. The molecule has 1 saturated heterocycles. The van der Waals surface area contributed by atoms with Gasteiger partial charge in [-0.05, 0) is 6.92 Å². The lowest BCUT2D eigenvalue weighted by Crippen LogP contribution is -2.61. The van der Waals surface area contributed by atoms with Crippen LogP contribution in [0.5, 0.6) is 0 Å². The maximum absolute atomic E-state index is 11.8. The minimum absolute atomic E-state index is 0.0221. The normalized spacial score (nSPS) is 24.1. The molecule has 0 radical (unpaired) electrons. The van der Waals surface area contributed by atoms with E-state index in [-0.39, 0.29) is 29.9 Å². The zero-order valence-electron chi connectivity index (χ0n) is 11.5. The van der Waals surface area contributed by atoms with Crippen molar-refractivity contribution in [1.82, 2.24) is 15.5 Å². The topological polar surface area (TPSA) is 70.7 Å². The highest BCUT2D eigenvalue weighted by atomic mass is 16.5. The van der Waals surface area contributed by atoms with Crippen LogP contribution < -0.4 is 10.6 Å². The first kappa shape index (κ1) is 14.9. The highest BCUT2D eigenvalue weighted by Gasteiger charge is 2.35. The monoisotopic (exact) mass is 257 g/mol. The molecular formula is C12H23N3O3. The van der Waals surface area contributed by atoms with E-state index >= 15 is 0 Å². The first-order valence-electron chi connectivity index (χ1n) is 6.28. The third-order valence-electron chi connectivity index (χ3n) is 3.65. The van der Waals surface area contributed by atoms with Crippen molar-refractivity contribution in [1.29, 1.82) is 0 Å². The van der Waals surface area contributed by atoms with Gasteiger partial charge in [-0.2, -0.15) is 0 Å². The number of likely N-dealkylation sites (N-methyl/N-ethyl adjacent to an activating group) is 1. The molecule has 0 saturated carbocycles. The summed E-state index contributed by atoms with van der Waals surface area (Å²) < 4.78 is 4.76. The van der Waals surface area contributed by atoms with Crippen molar-refractivity contribution in [3.63, 3.8) is 0 Å². The number of nitrogens with one attached hydrogen (secondary N) is 2. The molecule has 1 heterocycles. The zero-order chi connectivity index (χ0) is 13.7. The number of hydrogen-bond acceptors (Lipinski definition) is 5. The number of hydrogen-bond donors (Lipinski definition) is 2. The average Bonchev–Trinajstić information content (AvgIpc) is 2.43. The highest BCUT2D eigenvalue weighted by molar-refractivity contribution is 5.82. The Bertz CT molecular complexity index is 309. The smallest absolute Gasteiger partial charge is 0.309 e. The summed E-state index contributed by atoms with van der Waals surface area (Å²) in [5.74, 6) is -0.511. The molecule has 6 nitrogen and oxygen atoms in total. The lowest BCUT2D eigenvalue weighted by atomic mass is 9.99. The summed E-state index contributed by atoms with van der Waals surface area (Å²) in [5, 5.41) is 5.86. The standard InChI is InChI=1S/C12H23N3O3/c1-8(12(17)18-4)9(2)15-6-5-14-7-10(15)11(16)13-3/h8-10,14H,5-7H2,1-4H3,(H,13,16). The molecule has 1 amide bonds. The van der Waals surface area contributed by atoms with Crippen molar-refractivity contribution < 1.29 is 14.3 Å². The quantitative estimate of drug-likeness (QED) is 0.646. The number of amides is 1. The third-order valence-corrected chi connectivity index (χ3v) is 3.65. The molecule has 3 atom stereocenters. The minimum Gasteiger partial charge on any atom is -0.469 e. The van der Waals surface area contributed by atoms with Crippen molar-refractivity contribution in [2.75, 3.05) is 33.8 Å². The van der Waals surface area contributed by atoms with Crippen molar-refractivity contribution in [2.24, 2.45) is 5.92 Å². The van der Waals surface area contributed by atoms with E-state index < -0.39 is 0 Å². The molecule has 0 aromatic carbocycles. The van der Waals surface area contributed by atoms with Crippen molar-refractivity contribution >= 4 is 11.9 Å². The van der Waals surface area contributed by atoms with E-state index in [9.17, 15) is 9.59 Å². The molecule has 0 aliphatic carbocycles. The molecule has 0 spiro atoms. The number of nitrogens with zero attached hydrogens (tertiary/aromatic N) is 1. The summed E-state index contributed by atoms with van der Waals surface area (Å²) >= 11 is 0. The number of esters is 1. The summed E-state index contributed by atoms with van der Waals surface area (Å²) in [6, 6.07) is -0.257. The number of rotatable bonds is 4. The van der Waals surface area contributed by atoms with Gasteiger partial charge in [0.25, 0.3) is 0 Å². The fraction of sp³-hybridized carbons (Fsp3) is 0.833. The molecular weight excluding hydrogens is 234 g/mol. The summed E-state index contributed by atoms with van der Waals surface area (Å²) in [4.78, 5) is 25.5. The Morgan fingerprint density at radius 1 is 1.44 bits per heavy atom. The lowest BCUT2D eigenvalue weighted by Gasteiger charge is -2.40. The number of carbonyl (C=O) groups excluding carboxylic acids is 2. The van der Waals surface area contributed by atoms with Crippen LogP contribution in [-0.4, -0.2) is 62.7 Å². The van der Waals surface area contributed by atoms with Crippen LogP contribution in [0.25, 0.3) is 0 Å². The zero-order valence-corrected chi connectivity index (χ0v) is 11.5. The molecule has 2 N–H and O–H groups in total. The number of methoxy groups -OCH3 is 1. The second-order valence-corrected chi connectivity index (χ2v) is 4.62. The Hall–Kier alpha value is -1.14. The summed E-state index contributed by atoms with van der Waals surface area (Å²) in [6.45, 7) is 5.98. The van der Waals surface area contributed by atoms with Gasteiger partial charge in [0, 0.05) is 32.7 Å². The third kappa shape index (κ3) is 3.20. The van der Waals surface area contributed by atoms with Gasteiger partial charge in [-0.25, -0.2) is 0 Å². The molecule has 1 fully saturated rings. The molecule has 0 bridgehead atoms. The summed E-state index contributed by atoms with van der Waals surface area (Å²) in [6.07, 6.45) is 0. The van der Waals surface area contributed by atoms with Crippen LogP contribution in [0, 0.1) is 5.92 Å². The van der Waals surface area contributed by atoms with E-state index in [1.165, 1.54) is 7.11 Å². The SMILES string of the molecule is CNC(=O)C1CNCCN1C(C)C(C)C(=O)OC.